The largest absolute Gasteiger partial charge is 0.345 e. The second-order valence-electron chi connectivity index (χ2n) is 6.95. The standard InChI is InChI=1S/C23H21N5O2/c1-15-6-5-7-17(21(15)27-22(29)16-10-12-24-13-11-16)23(30)25-14-20-26-18-8-3-4-9-19(18)28(20)2/h3-13H,14H2,1-2H3,(H,25,30)(H,27,29). The SMILES string of the molecule is Cc1cccc(C(=O)NCc2nc3ccccc3n2C)c1NC(=O)c1ccncc1. The zero-order valence-corrected chi connectivity index (χ0v) is 16.7. The topological polar surface area (TPSA) is 88.9 Å². The van der Waals surface area contributed by atoms with Crippen molar-refractivity contribution in [2.24, 2.45) is 7.05 Å². The molecule has 4 aromatic rings. The van der Waals surface area contributed by atoms with E-state index in [0.29, 0.717) is 16.8 Å². The van der Waals surface area contributed by atoms with E-state index < -0.39 is 0 Å². The zero-order valence-electron chi connectivity index (χ0n) is 16.7. The predicted octanol–water partition coefficient (Wildman–Crippen LogP) is 3.46. The molecule has 0 fully saturated rings. The lowest BCUT2D eigenvalue weighted by Gasteiger charge is -2.14. The van der Waals surface area contributed by atoms with Gasteiger partial charge in [0.2, 0.25) is 0 Å². The van der Waals surface area contributed by atoms with Crippen LogP contribution in [0.5, 0.6) is 0 Å². The molecule has 150 valence electrons. The fourth-order valence-corrected chi connectivity index (χ4v) is 3.32. The lowest BCUT2D eigenvalue weighted by atomic mass is 10.1. The quantitative estimate of drug-likeness (QED) is 0.538. The second kappa shape index (κ2) is 8.16. The van der Waals surface area contributed by atoms with Gasteiger partial charge in [0.15, 0.2) is 0 Å². The van der Waals surface area contributed by atoms with Gasteiger partial charge < -0.3 is 15.2 Å². The summed E-state index contributed by atoms with van der Waals surface area (Å²) in [5.41, 5.74) is 4.04. The van der Waals surface area contributed by atoms with Crippen LogP contribution in [0.4, 0.5) is 5.69 Å². The number of hydrogen-bond donors (Lipinski definition) is 2. The lowest BCUT2D eigenvalue weighted by molar-refractivity contribution is 0.0950. The Kier molecular flexibility index (Phi) is 5.26. The number of nitrogens with zero attached hydrogens (tertiary/aromatic N) is 3. The van der Waals surface area contributed by atoms with Crippen LogP contribution < -0.4 is 10.6 Å². The number of benzene rings is 2. The summed E-state index contributed by atoms with van der Waals surface area (Å²) in [6.45, 7) is 2.13. The van der Waals surface area contributed by atoms with E-state index in [2.05, 4.69) is 20.6 Å². The van der Waals surface area contributed by atoms with Gasteiger partial charge in [0.25, 0.3) is 11.8 Å². The van der Waals surface area contributed by atoms with E-state index in [-0.39, 0.29) is 18.4 Å². The van der Waals surface area contributed by atoms with Crippen LogP contribution in [0.15, 0.2) is 67.0 Å². The molecule has 0 aliphatic carbocycles. The molecule has 2 N–H and O–H groups in total. The molecule has 0 bridgehead atoms. The van der Waals surface area contributed by atoms with E-state index in [4.69, 9.17) is 0 Å². The lowest BCUT2D eigenvalue weighted by Crippen LogP contribution is -2.26. The molecule has 7 nitrogen and oxygen atoms in total. The molecule has 0 aliphatic heterocycles. The number of carbonyl (C=O) groups is 2. The van der Waals surface area contributed by atoms with Crippen LogP contribution >= 0.6 is 0 Å². The highest BCUT2D eigenvalue weighted by atomic mass is 16.2. The van der Waals surface area contributed by atoms with E-state index in [1.165, 1.54) is 0 Å². The predicted molar refractivity (Wildman–Crippen MR) is 115 cm³/mol. The van der Waals surface area contributed by atoms with Crippen LogP contribution in [0.1, 0.15) is 32.1 Å². The highest BCUT2D eigenvalue weighted by Crippen LogP contribution is 2.22. The summed E-state index contributed by atoms with van der Waals surface area (Å²) in [7, 11) is 1.92. The van der Waals surface area contributed by atoms with E-state index >= 15 is 0 Å². The summed E-state index contributed by atoms with van der Waals surface area (Å²) in [6.07, 6.45) is 3.11. The van der Waals surface area contributed by atoms with Crippen LogP contribution in [-0.4, -0.2) is 26.3 Å². The summed E-state index contributed by atoms with van der Waals surface area (Å²) in [4.78, 5) is 34.0. The minimum absolute atomic E-state index is 0.274. The molecular formula is C23H21N5O2. The molecule has 0 unspecified atom stereocenters. The highest BCUT2D eigenvalue weighted by Gasteiger charge is 2.17. The maximum atomic E-state index is 12.9. The van der Waals surface area contributed by atoms with E-state index in [1.54, 1.807) is 36.7 Å². The third kappa shape index (κ3) is 3.77. The third-order valence-electron chi connectivity index (χ3n) is 4.99. The highest BCUT2D eigenvalue weighted by molar-refractivity contribution is 6.09. The number of imidazole rings is 1. The number of fused-ring (bicyclic) bond motifs is 1. The molecule has 2 aromatic carbocycles. The molecule has 30 heavy (non-hydrogen) atoms. The molecule has 2 aromatic heterocycles. The summed E-state index contributed by atoms with van der Waals surface area (Å²) < 4.78 is 1.96. The van der Waals surface area contributed by atoms with Crippen molar-refractivity contribution in [3.63, 3.8) is 0 Å². The molecule has 4 rings (SSSR count). The fourth-order valence-electron chi connectivity index (χ4n) is 3.32. The fraction of sp³-hybridized carbons (Fsp3) is 0.130. The maximum Gasteiger partial charge on any atom is 0.255 e. The minimum Gasteiger partial charge on any atom is -0.345 e. The maximum absolute atomic E-state index is 12.9. The van der Waals surface area contributed by atoms with Gasteiger partial charge in [0, 0.05) is 25.0 Å². The summed E-state index contributed by atoms with van der Waals surface area (Å²) in [5.74, 6) is 0.173. The Bertz CT molecular complexity index is 1230. The van der Waals surface area contributed by atoms with Gasteiger partial charge >= 0.3 is 0 Å². The summed E-state index contributed by atoms with van der Waals surface area (Å²) >= 11 is 0. The van der Waals surface area contributed by atoms with Gasteiger partial charge in [-0.15, -0.1) is 0 Å². The first-order valence-electron chi connectivity index (χ1n) is 9.54. The minimum atomic E-state index is -0.295. The first kappa shape index (κ1) is 19.3. The number of amides is 2. The van der Waals surface area contributed by atoms with Crippen molar-refractivity contribution in [3.05, 3.63) is 89.5 Å². The van der Waals surface area contributed by atoms with Gasteiger partial charge in [0.1, 0.15) is 5.82 Å². The van der Waals surface area contributed by atoms with Crippen LogP contribution in [0.2, 0.25) is 0 Å². The number of carbonyl (C=O) groups excluding carboxylic acids is 2. The number of hydrogen-bond acceptors (Lipinski definition) is 4. The van der Waals surface area contributed by atoms with Gasteiger partial charge in [0.05, 0.1) is 28.8 Å². The van der Waals surface area contributed by atoms with Gasteiger partial charge in [-0.1, -0.05) is 24.3 Å². The van der Waals surface area contributed by atoms with E-state index in [9.17, 15) is 9.59 Å². The molecule has 2 amide bonds. The van der Waals surface area contributed by atoms with Gasteiger partial charge in [-0.3, -0.25) is 14.6 Å². The van der Waals surface area contributed by atoms with Crippen molar-refractivity contribution >= 4 is 28.5 Å². The molecule has 2 heterocycles. The van der Waals surface area contributed by atoms with E-state index in [0.717, 1.165) is 22.4 Å². The Morgan fingerprint density at radius 1 is 0.967 bits per heavy atom. The van der Waals surface area contributed by atoms with Crippen molar-refractivity contribution < 1.29 is 9.59 Å². The Balaban J connectivity index is 1.54. The van der Waals surface area contributed by atoms with Crippen molar-refractivity contribution in [2.45, 2.75) is 13.5 Å². The normalized spacial score (nSPS) is 10.7. The Morgan fingerprint density at radius 2 is 1.73 bits per heavy atom. The summed E-state index contributed by atoms with van der Waals surface area (Å²) in [6, 6.07) is 16.4. The van der Waals surface area contributed by atoms with Gasteiger partial charge in [-0.2, -0.15) is 0 Å². The van der Waals surface area contributed by atoms with Crippen molar-refractivity contribution in [1.82, 2.24) is 19.9 Å². The molecular weight excluding hydrogens is 378 g/mol. The average Bonchev–Trinajstić information content (AvgIpc) is 3.09. The molecule has 0 saturated heterocycles. The number of rotatable bonds is 5. The molecule has 0 radical (unpaired) electrons. The molecule has 0 spiro atoms. The number of anilines is 1. The Hall–Kier alpha value is -4.00. The first-order chi connectivity index (χ1) is 14.5. The van der Waals surface area contributed by atoms with Gasteiger partial charge in [-0.05, 0) is 42.8 Å². The molecule has 0 saturated carbocycles. The second-order valence-corrected chi connectivity index (χ2v) is 6.95. The van der Waals surface area contributed by atoms with Crippen molar-refractivity contribution in [1.29, 1.82) is 0 Å². The monoisotopic (exact) mass is 399 g/mol. The summed E-state index contributed by atoms with van der Waals surface area (Å²) in [5, 5.41) is 5.77. The Morgan fingerprint density at radius 3 is 2.50 bits per heavy atom. The molecule has 0 aliphatic rings. The van der Waals surface area contributed by atoms with Crippen LogP contribution in [-0.2, 0) is 13.6 Å². The zero-order chi connectivity index (χ0) is 21.1. The smallest absolute Gasteiger partial charge is 0.255 e. The molecule has 7 heteroatoms. The van der Waals surface area contributed by atoms with E-state index in [1.807, 2.05) is 48.9 Å². The van der Waals surface area contributed by atoms with Crippen molar-refractivity contribution in [2.75, 3.05) is 5.32 Å². The number of para-hydroxylation sites is 3. The number of aromatic nitrogens is 3. The average molecular weight is 399 g/mol. The Labute approximate surface area is 173 Å². The van der Waals surface area contributed by atoms with Crippen LogP contribution in [0.3, 0.4) is 0 Å². The number of nitrogens with one attached hydrogen (secondary N) is 2. The van der Waals surface area contributed by atoms with Gasteiger partial charge in [-0.25, -0.2) is 4.98 Å². The number of pyridine rings is 1. The van der Waals surface area contributed by atoms with Crippen LogP contribution in [0.25, 0.3) is 11.0 Å². The first-order valence-corrected chi connectivity index (χ1v) is 9.54. The third-order valence-corrected chi connectivity index (χ3v) is 4.99. The number of aryl methyl sites for hydroxylation is 2. The van der Waals surface area contributed by atoms with Crippen molar-refractivity contribution in [3.8, 4) is 0 Å². The molecule has 0 atom stereocenters. The van der Waals surface area contributed by atoms with Crippen LogP contribution in [0, 0.1) is 6.92 Å².